The lowest BCUT2D eigenvalue weighted by molar-refractivity contribution is -0.136. The summed E-state index contributed by atoms with van der Waals surface area (Å²) < 4.78 is 35.0. The van der Waals surface area contributed by atoms with Gasteiger partial charge in [0.15, 0.2) is 0 Å². The van der Waals surface area contributed by atoms with Crippen molar-refractivity contribution in [3.63, 3.8) is 0 Å². The number of hydrogen-bond acceptors (Lipinski definition) is 10. The number of pyridine rings is 2. The molecular formula is C42H46F2N8O6. The van der Waals surface area contributed by atoms with E-state index in [1.807, 2.05) is 10.6 Å². The van der Waals surface area contributed by atoms with Crippen molar-refractivity contribution in [2.24, 2.45) is 11.8 Å². The molecule has 1 saturated carbocycles. The molecule has 14 nitrogen and oxygen atoms in total. The third-order valence-corrected chi connectivity index (χ3v) is 12.0. The molecule has 2 saturated heterocycles. The molecule has 16 heteroatoms. The number of aromatic nitrogens is 3. The largest absolute Gasteiger partial charge is 0.494 e. The molecule has 6 heterocycles. The highest BCUT2D eigenvalue weighted by atomic mass is 19.3. The van der Waals surface area contributed by atoms with Crippen molar-refractivity contribution in [3.8, 4) is 5.75 Å². The van der Waals surface area contributed by atoms with Crippen LogP contribution >= 0.6 is 0 Å². The van der Waals surface area contributed by atoms with Crippen LogP contribution in [0.15, 0.2) is 54.9 Å². The molecule has 8 rings (SSSR count). The maximum Gasteiger partial charge on any atom is 0.287 e. The molecule has 1 atom stereocenters. The molecule has 58 heavy (non-hydrogen) atoms. The predicted octanol–water partition coefficient (Wildman–Crippen LogP) is 5.60. The van der Waals surface area contributed by atoms with Gasteiger partial charge in [0.2, 0.25) is 11.8 Å². The summed E-state index contributed by atoms with van der Waals surface area (Å²) >= 11 is 0. The Morgan fingerprint density at radius 1 is 0.914 bits per heavy atom. The summed E-state index contributed by atoms with van der Waals surface area (Å²) in [4.78, 5) is 76.1. The van der Waals surface area contributed by atoms with Gasteiger partial charge in [-0.2, -0.15) is 8.78 Å². The second-order valence-corrected chi connectivity index (χ2v) is 16.0. The van der Waals surface area contributed by atoms with Crippen LogP contribution in [-0.2, 0) is 15.5 Å². The summed E-state index contributed by atoms with van der Waals surface area (Å²) in [5.74, 6) is -4.16. The van der Waals surface area contributed by atoms with Crippen molar-refractivity contribution in [1.29, 1.82) is 0 Å². The Bertz CT molecular complexity index is 2270. The first-order valence-electron chi connectivity index (χ1n) is 19.9. The average molecular weight is 797 g/mol. The summed E-state index contributed by atoms with van der Waals surface area (Å²) in [5, 5.41) is 8.43. The molecule has 0 radical (unpaired) electrons. The summed E-state index contributed by atoms with van der Waals surface area (Å²) in [6.07, 6.45) is 10.1. The summed E-state index contributed by atoms with van der Waals surface area (Å²) in [6, 6.07) is 9.85. The Hall–Kier alpha value is -5.77. The molecule has 3 N–H and O–H groups in total. The fourth-order valence-electron chi connectivity index (χ4n) is 8.78. The number of carbonyl (C=O) groups excluding carboxylic acids is 5. The van der Waals surface area contributed by atoms with E-state index in [9.17, 15) is 32.8 Å². The quantitative estimate of drug-likeness (QED) is 0.163. The lowest BCUT2D eigenvalue weighted by Gasteiger charge is -2.36. The van der Waals surface area contributed by atoms with Gasteiger partial charge in [0.1, 0.15) is 34.5 Å². The van der Waals surface area contributed by atoms with Crippen LogP contribution in [0.1, 0.15) is 107 Å². The Kier molecular flexibility index (Phi) is 10.7. The molecule has 0 bridgehead atoms. The van der Waals surface area contributed by atoms with Crippen LogP contribution in [0.4, 0.5) is 20.2 Å². The Labute approximate surface area is 333 Å². The molecular weight excluding hydrogens is 751 g/mol. The third-order valence-electron chi connectivity index (χ3n) is 12.0. The number of carbonyl (C=O) groups is 5. The van der Waals surface area contributed by atoms with Crippen molar-refractivity contribution >= 4 is 46.6 Å². The van der Waals surface area contributed by atoms with Crippen LogP contribution in [0.3, 0.4) is 0 Å². The maximum absolute atomic E-state index is 13.8. The number of amides is 5. The smallest absolute Gasteiger partial charge is 0.287 e. The molecule has 1 aliphatic carbocycles. The number of rotatable bonds is 11. The molecule has 3 aromatic heterocycles. The van der Waals surface area contributed by atoms with Gasteiger partial charge in [-0.25, -0.2) is 9.97 Å². The van der Waals surface area contributed by atoms with Crippen molar-refractivity contribution in [2.45, 2.75) is 76.2 Å². The maximum atomic E-state index is 13.8. The van der Waals surface area contributed by atoms with Crippen LogP contribution in [0.2, 0.25) is 0 Å². The third kappa shape index (κ3) is 7.89. The molecule has 1 aromatic carbocycles. The summed E-state index contributed by atoms with van der Waals surface area (Å²) in [5.41, 5.74) is 2.57. The van der Waals surface area contributed by atoms with Gasteiger partial charge >= 0.3 is 0 Å². The van der Waals surface area contributed by atoms with Gasteiger partial charge < -0.3 is 24.7 Å². The van der Waals surface area contributed by atoms with E-state index in [4.69, 9.17) is 9.72 Å². The number of ether oxygens (including phenoxy) is 1. The highest BCUT2D eigenvalue weighted by Gasteiger charge is 2.45. The van der Waals surface area contributed by atoms with Crippen LogP contribution in [0, 0.1) is 11.8 Å². The van der Waals surface area contributed by atoms with E-state index in [0.717, 1.165) is 75.7 Å². The van der Waals surface area contributed by atoms with E-state index in [2.05, 4.69) is 25.8 Å². The van der Waals surface area contributed by atoms with E-state index < -0.39 is 47.2 Å². The highest BCUT2D eigenvalue weighted by Crippen LogP contribution is 2.38. The van der Waals surface area contributed by atoms with Gasteiger partial charge in [0.05, 0.1) is 23.9 Å². The van der Waals surface area contributed by atoms with E-state index >= 15 is 0 Å². The summed E-state index contributed by atoms with van der Waals surface area (Å²) in [7, 11) is 1.49. The molecule has 4 aromatic rings. The first-order valence-corrected chi connectivity index (χ1v) is 19.9. The zero-order chi connectivity index (χ0) is 40.7. The minimum Gasteiger partial charge on any atom is -0.494 e. The number of fused-ring (bicyclic) bond motifs is 2. The van der Waals surface area contributed by atoms with Crippen LogP contribution in [-0.4, -0.2) is 93.0 Å². The van der Waals surface area contributed by atoms with Crippen molar-refractivity contribution < 1.29 is 37.5 Å². The van der Waals surface area contributed by atoms with Gasteiger partial charge in [0.25, 0.3) is 23.6 Å². The number of nitrogens with one attached hydrogen (secondary N) is 3. The normalized spacial score (nSPS) is 21.9. The van der Waals surface area contributed by atoms with E-state index in [1.54, 1.807) is 30.5 Å². The standard InChI is InChI=1S/C42H46F2N8O6/c1-42(43,44)34-8-4-7-29(46-34)38(54)48-31-23-51-22-30(47-35(51)19-33(31)58-2)26-11-9-25(10-12-26)21-50-17-15-24(16-18-50)20-45-28-6-3-5-27-37(28)41(57)52(40(27)56)32-13-14-36(53)49-39(32)55/h3-8,19,22-26,32,45H,9-18,20-21H2,1-2H3,(H,48,54)(H,49,53,55)/t25-,26-,32?. The van der Waals surface area contributed by atoms with Crippen molar-refractivity contribution in [1.82, 2.24) is 29.5 Å². The van der Waals surface area contributed by atoms with Crippen molar-refractivity contribution in [3.05, 3.63) is 83.1 Å². The van der Waals surface area contributed by atoms with Crippen molar-refractivity contribution in [2.75, 3.05) is 43.9 Å². The number of imide groups is 2. The predicted molar refractivity (Wildman–Crippen MR) is 209 cm³/mol. The second kappa shape index (κ2) is 15.9. The lowest BCUT2D eigenvalue weighted by Crippen LogP contribution is -2.54. The first kappa shape index (κ1) is 39.1. The van der Waals surface area contributed by atoms with E-state index in [0.29, 0.717) is 47.1 Å². The zero-order valence-corrected chi connectivity index (χ0v) is 32.4. The fraction of sp³-hybridized carbons (Fsp3) is 0.452. The van der Waals surface area contributed by atoms with Gasteiger partial charge in [-0.05, 0) is 94.1 Å². The molecule has 304 valence electrons. The SMILES string of the molecule is COc1cc2nc([C@H]3CC[C@H](CN4CCC(CNc5cccc6c5C(=O)N(C5CCC(=O)NC5=O)C6=O)CC4)CC3)cn2cc1NC(=O)c1cccc(C(C)(F)F)n1. The number of anilines is 2. The Balaban J connectivity index is 0.813. The highest BCUT2D eigenvalue weighted by molar-refractivity contribution is 6.25. The molecule has 1 unspecified atom stereocenters. The number of halogens is 2. The molecule has 4 aliphatic rings. The van der Waals surface area contributed by atoms with Crippen LogP contribution in [0.25, 0.3) is 5.65 Å². The number of imidazole rings is 1. The number of methoxy groups -OCH3 is 1. The van der Waals surface area contributed by atoms with E-state index in [1.165, 1.54) is 25.3 Å². The van der Waals surface area contributed by atoms with Gasteiger partial charge in [-0.1, -0.05) is 12.1 Å². The Morgan fingerprint density at radius 2 is 1.67 bits per heavy atom. The van der Waals surface area contributed by atoms with Crippen LogP contribution in [0.5, 0.6) is 5.75 Å². The first-order chi connectivity index (χ1) is 27.9. The average Bonchev–Trinajstić information content (AvgIpc) is 3.74. The zero-order valence-electron chi connectivity index (χ0n) is 32.4. The number of nitrogens with zero attached hydrogens (tertiary/aromatic N) is 5. The van der Waals surface area contributed by atoms with Gasteiger partial charge in [-0.15, -0.1) is 0 Å². The number of piperidine rings is 2. The van der Waals surface area contributed by atoms with Gasteiger partial charge in [-0.3, -0.25) is 34.2 Å². The topological polar surface area (TPSA) is 167 Å². The van der Waals surface area contributed by atoms with E-state index in [-0.39, 0.29) is 29.7 Å². The minimum absolute atomic E-state index is 0.0767. The second-order valence-electron chi connectivity index (χ2n) is 16.0. The molecule has 3 aliphatic heterocycles. The van der Waals surface area contributed by atoms with Crippen LogP contribution < -0.4 is 20.7 Å². The number of benzene rings is 1. The lowest BCUT2D eigenvalue weighted by atomic mass is 9.80. The fourth-order valence-corrected chi connectivity index (χ4v) is 8.78. The number of hydrogen-bond donors (Lipinski definition) is 3. The Morgan fingerprint density at radius 3 is 2.40 bits per heavy atom. The minimum atomic E-state index is -3.18. The monoisotopic (exact) mass is 796 g/mol. The number of alkyl halides is 2. The summed E-state index contributed by atoms with van der Waals surface area (Å²) in [6.45, 7) is 4.42. The molecule has 5 amide bonds. The molecule has 3 fully saturated rings. The van der Waals surface area contributed by atoms with Gasteiger partial charge in [0, 0.05) is 56.5 Å². The molecule has 0 spiro atoms. The number of likely N-dealkylation sites (tertiary alicyclic amines) is 1.